The van der Waals surface area contributed by atoms with E-state index in [1.54, 1.807) is 41.2 Å². The van der Waals surface area contributed by atoms with Gasteiger partial charge in [-0.3, -0.25) is 9.59 Å². The maximum Gasteiger partial charge on any atom is 0.253 e. The Morgan fingerprint density at radius 2 is 1.86 bits per heavy atom. The molecule has 3 rings (SSSR count). The molecule has 8 heteroatoms. The maximum absolute atomic E-state index is 12.9. The number of aryl methyl sites for hydroxylation is 1. The predicted octanol–water partition coefficient (Wildman–Crippen LogP) is 3.53. The third kappa shape index (κ3) is 4.81. The van der Waals surface area contributed by atoms with E-state index in [2.05, 4.69) is 20.8 Å². The summed E-state index contributed by atoms with van der Waals surface area (Å²) in [5, 5.41) is 14.0. The largest absolute Gasteiger partial charge is 0.340 e. The number of amides is 2. The first kappa shape index (κ1) is 20.5. The zero-order valence-electron chi connectivity index (χ0n) is 16.4. The van der Waals surface area contributed by atoms with Crippen LogP contribution in [-0.2, 0) is 11.8 Å². The first-order valence-electron chi connectivity index (χ1n) is 9.17. The Hall–Kier alpha value is -3.19. The molecule has 1 heterocycles. The van der Waals surface area contributed by atoms with Crippen LogP contribution >= 0.6 is 11.6 Å². The summed E-state index contributed by atoms with van der Waals surface area (Å²) in [5.41, 5.74) is 1.76. The highest BCUT2D eigenvalue weighted by atomic mass is 35.5. The van der Waals surface area contributed by atoms with Gasteiger partial charge >= 0.3 is 0 Å². The van der Waals surface area contributed by atoms with Gasteiger partial charge in [0.2, 0.25) is 5.91 Å². The van der Waals surface area contributed by atoms with Crippen molar-refractivity contribution < 1.29 is 9.59 Å². The molecule has 1 aromatic heterocycles. The van der Waals surface area contributed by atoms with E-state index in [0.717, 1.165) is 5.56 Å². The van der Waals surface area contributed by atoms with E-state index in [4.69, 9.17) is 11.6 Å². The van der Waals surface area contributed by atoms with Crippen molar-refractivity contribution in [2.24, 2.45) is 13.0 Å². The fraction of sp³-hybridized carbons (Fsp3) is 0.238. The highest BCUT2D eigenvalue weighted by Gasteiger charge is 2.25. The quantitative estimate of drug-likeness (QED) is 0.649. The van der Waals surface area contributed by atoms with Crippen LogP contribution in [0.15, 0.2) is 54.9 Å². The molecule has 29 heavy (non-hydrogen) atoms. The summed E-state index contributed by atoms with van der Waals surface area (Å²) in [5.74, 6) is -0.135. The number of halogens is 1. The predicted molar refractivity (Wildman–Crippen MR) is 113 cm³/mol. The second-order valence-corrected chi connectivity index (χ2v) is 7.42. The number of anilines is 1. The zero-order valence-corrected chi connectivity index (χ0v) is 17.1. The van der Waals surface area contributed by atoms with Gasteiger partial charge in [-0.05, 0) is 30.2 Å². The SMILES string of the molecule is CC(C)[C@@H](NC(=O)c1ccccc1Cl)C(=O)Nc1cccc(-c2nncn2C)c1. The smallest absolute Gasteiger partial charge is 0.253 e. The van der Waals surface area contributed by atoms with Gasteiger partial charge in [0.1, 0.15) is 12.4 Å². The molecule has 150 valence electrons. The number of aromatic nitrogens is 3. The van der Waals surface area contributed by atoms with E-state index >= 15 is 0 Å². The van der Waals surface area contributed by atoms with E-state index in [1.807, 2.05) is 39.1 Å². The van der Waals surface area contributed by atoms with E-state index in [-0.39, 0.29) is 11.8 Å². The maximum atomic E-state index is 12.9. The lowest BCUT2D eigenvalue weighted by Crippen LogP contribution is -2.47. The fourth-order valence-electron chi connectivity index (χ4n) is 2.90. The van der Waals surface area contributed by atoms with Crippen molar-refractivity contribution in [1.82, 2.24) is 20.1 Å². The molecular weight excluding hydrogens is 390 g/mol. The van der Waals surface area contributed by atoms with Crippen molar-refractivity contribution in [3.8, 4) is 11.4 Å². The number of carbonyl (C=O) groups excluding carboxylic acids is 2. The molecule has 0 bridgehead atoms. The molecule has 3 aromatic rings. The van der Waals surface area contributed by atoms with E-state index in [1.165, 1.54) is 0 Å². The average molecular weight is 412 g/mol. The molecule has 1 atom stereocenters. The van der Waals surface area contributed by atoms with Crippen molar-refractivity contribution in [3.05, 3.63) is 65.4 Å². The molecule has 0 aliphatic rings. The Kier molecular flexibility index (Phi) is 6.29. The van der Waals surface area contributed by atoms with Crippen molar-refractivity contribution in [2.45, 2.75) is 19.9 Å². The van der Waals surface area contributed by atoms with Crippen LogP contribution in [0, 0.1) is 5.92 Å². The summed E-state index contributed by atoms with van der Waals surface area (Å²) < 4.78 is 1.79. The highest BCUT2D eigenvalue weighted by molar-refractivity contribution is 6.33. The van der Waals surface area contributed by atoms with Gasteiger partial charge in [-0.1, -0.05) is 49.7 Å². The van der Waals surface area contributed by atoms with Gasteiger partial charge < -0.3 is 15.2 Å². The summed E-state index contributed by atoms with van der Waals surface area (Å²) in [4.78, 5) is 25.5. The van der Waals surface area contributed by atoms with Crippen molar-refractivity contribution >= 4 is 29.1 Å². The van der Waals surface area contributed by atoms with Crippen LogP contribution in [0.3, 0.4) is 0 Å². The molecule has 0 saturated carbocycles. The van der Waals surface area contributed by atoms with Gasteiger partial charge in [0.25, 0.3) is 5.91 Å². The van der Waals surface area contributed by atoms with Crippen LogP contribution in [-0.4, -0.2) is 32.6 Å². The van der Waals surface area contributed by atoms with Gasteiger partial charge in [-0.15, -0.1) is 10.2 Å². The molecule has 2 N–H and O–H groups in total. The summed E-state index contributed by atoms with van der Waals surface area (Å²) in [6, 6.07) is 13.3. The van der Waals surface area contributed by atoms with Gasteiger partial charge in [-0.2, -0.15) is 0 Å². The number of hydrogen-bond donors (Lipinski definition) is 2. The van der Waals surface area contributed by atoms with Crippen LogP contribution in [0.2, 0.25) is 5.02 Å². The monoisotopic (exact) mass is 411 g/mol. The molecule has 0 saturated heterocycles. The molecule has 0 unspecified atom stereocenters. The Balaban J connectivity index is 1.76. The summed E-state index contributed by atoms with van der Waals surface area (Å²) in [6.07, 6.45) is 1.61. The number of hydrogen-bond acceptors (Lipinski definition) is 4. The molecule has 2 amide bonds. The lowest BCUT2D eigenvalue weighted by molar-refractivity contribution is -0.118. The minimum atomic E-state index is -0.725. The Morgan fingerprint density at radius 1 is 1.10 bits per heavy atom. The lowest BCUT2D eigenvalue weighted by atomic mass is 10.0. The first-order chi connectivity index (χ1) is 13.9. The molecule has 0 spiro atoms. The summed E-state index contributed by atoms with van der Waals surface area (Å²) >= 11 is 6.10. The van der Waals surface area contributed by atoms with Crippen molar-refractivity contribution in [3.63, 3.8) is 0 Å². The average Bonchev–Trinajstić information content (AvgIpc) is 3.12. The number of rotatable bonds is 6. The van der Waals surface area contributed by atoms with Crippen molar-refractivity contribution in [2.75, 3.05) is 5.32 Å². The second kappa shape index (κ2) is 8.87. The van der Waals surface area contributed by atoms with Crippen LogP contribution in [0.5, 0.6) is 0 Å². The number of benzene rings is 2. The Bertz CT molecular complexity index is 1030. The lowest BCUT2D eigenvalue weighted by Gasteiger charge is -2.22. The van der Waals surface area contributed by atoms with E-state index in [0.29, 0.717) is 22.1 Å². The van der Waals surface area contributed by atoms with Crippen LogP contribution in [0.25, 0.3) is 11.4 Å². The van der Waals surface area contributed by atoms with E-state index in [9.17, 15) is 9.59 Å². The minimum Gasteiger partial charge on any atom is -0.340 e. The summed E-state index contributed by atoms with van der Waals surface area (Å²) in [6.45, 7) is 3.74. The second-order valence-electron chi connectivity index (χ2n) is 7.01. The molecule has 7 nitrogen and oxygen atoms in total. The van der Waals surface area contributed by atoms with Crippen LogP contribution in [0.4, 0.5) is 5.69 Å². The number of nitrogens with zero attached hydrogens (tertiary/aromatic N) is 3. The third-order valence-corrected chi connectivity index (χ3v) is 4.78. The third-order valence-electron chi connectivity index (χ3n) is 4.45. The molecule has 0 aliphatic heterocycles. The van der Waals surface area contributed by atoms with Gasteiger partial charge in [0, 0.05) is 18.3 Å². The highest BCUT2D eigenvalue weighted by Crippen LogP contribution is 2.21. The number of carbonyl (C=O) groups is 2. The standard InChI is InChI=1S/C21H22ClN5O2/c1-13(2)18(25-20(28)16-9-4-5-10-17(16)22)21(29)24-15-8-6-7-14(11-15)19-26-23-12-27(19)3/h4-13,18H,1-3H3,(H,24,29)(H,25,28)/t18-/m1/s1. The Labute approximate surface area is 174 Å². The van der Waals surface area contributed by atoms with Gasteiger partial charge in [0.15, 0.2) is 5.82 Å². The zero-order chi connectivity index (χ0) is 21.0. The molecule has 2 aromatic carbocycles. The summed E-state index contributed by atoms with van der Waals surface area (Å²) in [7, 11) is 1.85. The number of nitrogens with one attached hydrogen (secondary N) is 2. The fourth-order valence-corrected chi connectivity index (χ4v) is 3.12. The first-order valence-corrected chi connectivity index (χ1v) is 9.55. The Morgan fingerprint density at radius 3 is 2.52 bits per heavy atom. The van der Waals surface area contributed by atoms with Gasteiger partial charge in [0.05, 0.1) is 10.6 Å². The van der Waals surface area contributed by atoms with E-state index < -0.39 is 11.9 Å². The van der Waals surface area contributed by atoms with Crippen molar-refractivity contribution in [1.29, 1.82) is 0 Å². The normalized spacial score (nSPS) is 11.9. The molecule has 0 aliphatic carbocycles. The molecule has 0 fully saturated rings. The van der Waals surface area contributed by atoms with Crippen LogP contribution in [0.1, 0.15) is 24.2 Å². The topological polar surface area (TPSA) is 88.9 Å². The molecular formula is C21H22ClN5O2. The van der Waals surface area contributed by atoms with Gasteiger partial charge in [-0.25, -0.2) is 0 Å². The minimum absolute atomic E-state index is 0.122. The van der Waals surface area contributed by atoms with Crippen LogP contribution < -0.4 is 10.6 Å². The molecule has 0 radical (unpaired) electrons.